The molecule has 0 aromatic heterocycles. The van der Waals surface area contributed by atoms with E-state index in [1.807, 2.05) is 31.2 Å². The van der Waals surface area contributed by atoms with E-state index in [-0.39, 0.29) is 30.7 Å². The average molecular weight is 523 g/mol. The molecule has 2 aromatic carbocycles. The molecule has 2 saturated heterocycles. The predicted molar refractivity (Wildman–Crippen MR) is 143 cm³/mol. The lowest BCUT2D eigenvalue weighted by Gasteiger charge is -2.26. The number of ether oxygens (including phenoxy) is 3. The minimum Gasteiger partial charge on any atom is -0.490 e. The third kappa shape index (κ3) is 6.89. The summed E-state index contributed by atoms with van der Waals surface area (Å²) in [6, 6.07) is 13.0. The van der Waals surface area contributed by atoms with Gasteiger partial charge in [-0.15, -0.1) is 0 Å². The van der Waals surface area contributed by atoms with Crippen LogP contribution in [0.3, 0.4) is 0 Å². The Hall–Kier alpha value is -3.92. The molecule has 202 valence electrons. The number of nitrogens with zero attached hydrogens (tertiary/aromatic N) is 3. The Bertz CT molecular complexity index is 1160. The highest BCUT2D eigenvalue weighted by molar-refractivity contribution is 6.00. The Morgan fingerprint density at radius 1 is 1.08 bits per heavy atom. The van der Waals surface area contributed by atoms with Crippen LogP contribution in [0.5, 0.6) is 11.5 Å². The van der Waals surface area contributed by atoms with Crippen molar-refractivity contribution in [3.8, 4) is 11.5 Å². The normalized spacial score (nSPS) is 17.6. The highest BCUT2D eigenvalue weighted by Gasteiger charge is 2.35. The summed E-state index contributed by atoms with van der Waals surface area (Å²) >= 11 is 0. The van der Waals surface area contributed by atoms with Crippen molar-refractivity contribution in [2.75, 3.05) is 51.0 Å². The maximum Gasteiger partial charge on any atom is 0.260 e. The van der Waals surface area contributed by atoms with Gasteiger partial charge in [-0.2, -0.15) is 5.10 Å². The summed E-state index contributed by atoms with van der Waals surface area (Å²) in [7, 11) is 0. The van der Waals surface area contributed by atoms with E-state index in [4.69, 9.17) is 14.2 Å². The predicted octanol–water partition coefficient (Wildman–Crippen LogP) is 2.39. The van der Waals surface area contributed by atoms with Gasteiger partial charge in [-0.3, -0.25) is 14.4 Å². The van der Waals surface area contributed by atoms with Crippen molar-refractivity contribution in [2.24, 2.45) is 11.0 Å². The molecule has 1 atom stereocenters. The SMILES string of the molecule is CCOc1cc(/C=N/NC(=O)[C@H]2CC(=O)N(c3ccc(CC)cc3)C2)ccc1OCC(=O)N1CCOCC1. The Morgan fingerprint density at radius 2 is 1.84 bits per heavy atom. The second kappa shape index (κ2) is 13.0. The number of hydrazone groups is 1. The van der Waals surface area contributed by atoms with E-state index in [1.54, 1.807) is 28.0 Å². The van der Waals surface area contributed by atoms with Gasteiger partial charge in [0.05, 0.1) is 32.0 Å². The molecule has 0 aliphatic carbocycles. The van der Waals surface area contributed by atoms with Gasteiger partial charge >= 0.3 is 0 Å². The van der Waals surface area contributed by atoms with E-state index in [2.05, 4.69) is 17.5 Å². The van der Waals surface area contributed by atoms with Gasteiger partial charge in [-0.1, -0.05) is 19.1 Å². The Balaban J connectivity index is 1.31. The average Bonchev–Trinajstić information content (AvgIpc) is 3.34. The van der Waals surface area contributed by atoms with Crippen molar-refractivity contribution >= 4 is 29.6 Å². The first-order valence-corrected chi connectivity index (χ1v) is 13.0. The van der Waals surface area contributed by atoms with Crippen molar-refractivity contribution in [1.29, 1.82) is 0 Å². The second-order valence-electron chi connectivity index (χ2n) is 9.08. The van der Waals surface area contributed by atoms with Crippen LogP contribution >= 0.6 is 0 Å². The first kappa shape index (κ1) is 27.1. The standard InChI is InChI=1S/C28H34N4O6/c1-3-20-5-8-23(9-6-20)32-18-22(16-26(32)33)28(35)30-29-17-21-7-10-24(25(15-21)37-4-2)38-19-27(34)31-11-13-36-14-12-31/h5-10,15,17,22H,3-4,11-14,16,18-19H2,1-2H3,(H,30,35)/b29-17+/t22-/m0/s1. The fourth-order valence-electron chi connectivity index (χ4n) is 4.34. The number of hydrogen-bond acceptors (Lipinski definition) is 7. The third-order valence-electron chi connectivity index (χ3n) is 6.52. The molecule has 2 aliphatic heterocycles. The van der Waals surface area contributed by atoms with E-state index in [0.29, 0.717) is 56.5 Å². The van der Waals surface area contributed by atoms with Crippen molar-refractivity contribution in [1.82, 2.24) is 10.3 Å². The van der Waals surface area contributed by atoms with Gasteiger partial charge in [0, 0.05) is 31.7 Å². The summed E-state index contributed by atoms with van der Waals surface area (Å²) in [5, 5.41) is 4.07. The van der Waals surface area contributed by atoms with E-state index in [1.165, 1.54) is 11.8 Å². The first-order valence-electron chi connectivity index (χ1n) is 13.0. The number of carbonyl (C=O) groups excluding carboxylic acids is 3. The molecule has 0 bridgehead atoms. The highest BCUT2D eigenvalue weighted by atomic mass is 16.5. The van der Waals surface area contributed by atoms with Gasteiger partial charge in [-0.25, -0.2) is 5.43 Å². The molecule has 2 fully saturated rings. The zero-order valence-corrected chi connectivity index (χ0v) is 21.9. The van der Waals surface area contributed by atoms with E-state index >= 15 is 0 Å². The summed E-state index contributed by atoms with van der Waals surface area (Å²) in [5.74, 6) is -0.0542. The zero-order chi connectivity index (χ0) is 26.9. The molecule has 3 amide bonds. The molecular formula is C28H34N4O6. The lowest BCUT2D eigenvalue weighted by atomic mass is 10.1. The smallest absolute Gasteiger partial charge is 0.260 e. The van der Waals surface area contributed by atoms with E-state index in [0.717, 1.165) is 12.1 Å². The molecule has 38 heavy (non-hydrogen) atoms. The second-order valence-corrected chi connectivity index (χ2v) is 9.08. The van der Waals surface area contributed by atoms with Gasteiger partial charge < -0.3 is 24.0 Å². The maximum atomic E-state index is 12.7. The first-order chi connectivity index (χ1) is 18.5. The van der Waals surface area contributed by atoms with Gasteiger partial charge in [0.2, 0.25) is 11.8 Å². The number of morpholine rings is 1. The fraction of sp³-hybridized carbons (Fsp3) is 0.429. The topological polar surface area (TPSA) is 110 Å². The molecule has 0 saturated carbocycles. The van der Waals surface area contributed by atoms with Gasteiger partial charge in [0.15, 0.2) is 18.1 Å². The number of carbonyl (C=O) groups is 3. The van der Waals surface area contributed by atoms with Crippen molar-refractivity contribution in [2.45, 2.75) is 26.7 Å². The number of amides is 3. The quantitative estimate of drug-likeness (QED) is 0.379. The number of rotatable bonds is 10. The monoisotopic (exact) mass is 522 g/mol. The number of nitrogens with one attached hydrogen (secondary N) is 1. The van der Waals surface area contributed by atoms with Crippen molar-refractivity contribution in [3.05, 3.63) is 53.6 Å². The van der Waals surface area contributed by atoms with E-state index < -0.39 is 5.92 Å². The number of benzene rings is 2. The number of anilines is 1. The fourth-order valence-corrected chi connectivity index (χ4v) is 4.34. The largest absolute Gasteiger partial charge is 0.490 e. The highest BCUT2D eigenvalue weighted by Crippen LogP contribution is 2.28. The minimum absolute atomic E-state index is 0.0811. The lowest BCUT2D eigenvalue weighted by molar-refractivity contribution is -0.137. The van der Waals surface area contributed by atoms with Crippen LogP contribution in [0.15, 0.2) is 47.6 Å². The Morgan fingerprint density at radius 3 is 2.55 bits per heavy atom. The summed E-state index contributed by atoms with van der Waals surface area (Å²) in [4.78, 5) is 40.9. The van der Waals surface area contributed by atoms with Crippen LogP contribution in [0.1, 0.15) is 31.4 Å². The summed E-state index contributed by atoms with van der Waals surface area (Å²) in [6.45, 7) is 6.74. The molecule has 2 heterocycles. The minimum atomic E-state index is -0.482. The molecule has 10 nitrogen and oxygen atoms in total. The zero-order valence-electron chi connectivity index (χ0n) is 21.9. The molecule has 4 rings (SSSR count). The molecule has 2 aromatic rings. The Labute approximate surface area is 222 Å². The van der Waals surface area contributed by atoms with Crippen molar-refractivity contribution < 1.29 is 28.6 Å². The van der Waals surface area contributed by atoms with Crippen LogP contribution in [-0.4, -0.2) is 74.9 Å². The van der Waals surface area contributed by atoms with E-state index in [9.17, 15) is 14.4 Å². The van der Waals surface area contributed by atoms with Crippen LogP contribution in [0.25, 0.3) is 0 Å². The third-order valence-corrected chi connectivity index (χ3v) is 6.52. The lowest BCUT2D eigenvalue weighted by Crippen LogP contribution is -2.43. The summed E-state index contributed by atoms with van der Waals surface area (Å²) in [6.07, 6.45) is 2.56. The van der Waals surface area contributed by atoms with Gasteiger partial charge in [-0.05, 0) is 54.8 Å². The molecule has 10 heteroatoms. The van der Waals surface area contributed by atoms with Crippen LogP contribution in [0, 0.1) is 5.92 Å². The molecule has 0 radical (unpaired) electrons. The summed E-state index contributed by atoms with van der Waals surface area (Å²) in [5.41, 5.74) is 5.21. The van der Waals surface area contributed by atoms with Crippen LogP contribution in [0.4, 0.5) is 5.69 Å². The maximum absolute atomic E-state index is 12.7. The molecule has 0 unspecified atom stereocenters. The summed E-state index contributed by atoms with van der Waals surface area (Å²) < 4.78 is 16.7. The van der Waals surface area contributed by atoms with Crippen LogP contribution < -0.4 is 19.8 Å². The molecule has 0 spiro atoms. The number of aryl methyl sites for hydroxylation is 1. The molecule has 1 N–H and O–H groups in total. The Kier molecular flexibility index (Phi) is 9.31. The van der Waals surface area contributed by atoms with Gasteiger partial charge in [0.1, 0.15) is 0 Å². The molecule has 2 aliphatic rings. The van der Waals surface area contributed by atoms with Crippen LogP contribution in [0.2, 0.25) is 0 Å². The number of hydrogen-bond donors (Lipinski definition) is 1. The van der Waals surface area contributed by atoms with Crippen molar-refractivity contribution in [3.63, 3.8) is 0 Å². The van der Waals surface area contributed by atoms with Crippen LogP contribution in [-0.2, 0) is 25.5 Å². The van der Waals surface area contributed by atoms with Gasteiger partial charge in [0.25, 0.3) is 5.91 Å². The molecular weight excluding hydrogens is 488 g/mol.